The summed E-state index contributed by atoms with van der Waals surface area (Å²) in [5.41, 5.74) is 7.67. The van der Waals surface area contributed by atoms with E-state index in [4.69, 9.17) is 5.73 Å². The summed E-state index contributed by atoms with van der Waals surface area (Å²) in [6, 6.07) is 6.51. The van der Waals surface area contributed by atoms with E-state index in [2.05, 4.69) is 35.1 Å². The van der Waals surface area contributed by atoms with Gasteiger partial charge < -0.3 is 11.1 Å². The maximum absolute atomic E-state index is 5.79. The van der Waals surface area contributed by atoms with E-state index in [9.17, 15) is 0 Å². The molecule has 1 aromatic rings. The summed E-state index contributed by atoms with van der Waals surface area (Å²) < 4.78 is 0.951. The average Bonchev–Trinajstić information content (AvgIpc) is 2.19. The van der Waals surface area contributed by atoms with Crippen LogP contribution in [0, 0.1) is 0 Å². The van der Waals surface area contributed by atoms with E-state index < -0.39 is 0 Å². The van der Waals surface area contributed by atoms with Gasteiger partial charge in [-0.2, -0.15) is 0 Å². The van der Waals surface area contributed by atoms with Gasteiger partial charge in [0.15, 0.2) is 0 Å². The Morgan fingerprint density at radius 3 is 2.50 bits per heavy atom. The number of rotatable bonds is 4. The first-order valence-electron chi connectivity index (χ1n) is 4.99. The highest BCUT2D eigenvalue weighted by molar-refractivity contribution is 9.10. The zero-order chi connectivity index (χ0) is 10.6. The van der Waals surface area contributed by atoms with Crippen LogP contribution in [0.4, 0.5) is 11.4 Å². The van der Waals surface area contributed by atoms with Crippen molar-refractivity contribution in [3.63, 3.8) is 0 Å². The van der Waals surface area contributed by atoms with E-state index in [0.29, 0.717) is 6.04 Å². The second-order valence-electron chi connectivity index (χ2n) is 3.39. The molecule has 3 heteroatoms. The molecule has 0 saturated carbocycles. The minimum Gasteiger partial charge on any atom is -0.398 e. The lowest BCUT2D eigenvalue weighted by Gasteiger charge is -2.16. The number of benzene rings is 1. The van der Waals surface area contributed by atoms with Crippen LogP contribution < -0.4 is 11.1 Å². The van der Waals surface area contributed by atoms with Crippen LogP contribution in [0.5, 0.6) is 0 Å². The Morgan fingerprint density at radius 2 is 2.00 bits per heavy atom. The lowest BCUT2D eigenvalue weighted by molar-refractivity contribution is 0.672. The minimum atomic E-state index is 0.538. The molecule has 0 saturated heterocycles. The Labute approximate surface area is 94.0 Å². The molecule has 0 amide bonds. The zero-order valence-corrected chi connectivity index (χ0v) is 10.3. The third-order valence-corrected chi connectivity index (χ3v) is 3.07. The standard InChI is InChI=1S/C11H17BrN2/c1-3-8(4-2)14-9-5-6-10(12)11(13)7-9/h5-8,14H,3-4,13H2,1-2H3. The van der Waals surface area contributed by atoms with Gasteiger partial charge in [0, 0.05) is 21.9 Å². The smallest absolute Gasteiger partial charge is 0.0479 e. The molecule has 2 nitrogen and oxygen atoms in total. The monoisotopic (exact) mass is 256 g/mol. The molecule has 0 fully saturated rings. The molecule has 14 heavy (non-hydrogen) atoms. The van der Waals surface area contributed by atoms with Crippen LogP contribution in [0.2, 0.25) is 0 Å². The minimum absolute atomic E-state index is 0.538. The molecule has 0 spiro atoms. The van der Waals surface area contributed by atoms with Gasteiger partial charge in [-0.25, -0.2) is 0 Å². The lowest BCUT2D eigenvalue weighted by atomic mass is 10.1. The summed E-state index contributed by atoms with van der Waals surface area (Å²) in [6.07, 6.45) is 2.26. The van der Waals surface area contributed by atoms with Crippen LogP contribution in [-0.2, 0) is 0 Å². The Hall–Kier alpha value is -0.700. The largest absolute Gasteiger partial charge is 0.398 e. The van der Waals surface area contributed by atoms with Crippen LogP contribution in [0.15, 0.2) is 22.7 Å². The fraction of sp³-hybridized carbons (Fsp3) is 0.455. The molecule has 0 aromatic heterocycles. The van der Waals surface area contributed by atoms with Crippen molar-refractivity contribution in [2.24, 2.45) is 0 Å². The molecule has 0 radical (unpaired) electrons. The first-order valence-corrected chi connectivity index (χ1v) is 5.78. The summed E-state index contributed by atoms with van der Waals surface area (Å²) in [4.78, 5) is 0. The second kappa shape index (κ2) is 5.25. The zero-order valence-electron chi connectivity index (χ0n) is 8.68. The van der Waals surface area contributed by atoms with Gasteiger partial charge >= 0.3 is 0 Å². The van der Waals surface area contributed by atoms with E-state index >= 15 is 0 Å². The SMILES string of the molecule is CCC(CC)Nc1ccc(Br)c(N)c1. The first-order chi connectivity index (χ1) is 6.67. The van der Waals surface area contributed by atoms with Crippen molar-refractivity contribution in [3.05, 3.63) is 22.7 Å². The molecule has 1 rings (SSSR count). The average molecular weight is 257 g/mol. The molecule has 0 aliphatic carbocycles. The van der Waals surface area contributed by atoms with Crippen LogP contribution in [0.1, 0.15) is 26.7 Å². The topological polar surface area (TPSA) is 38.0 Å². The quantitative estimate of drug-likeness (QED) is 0.808. The predicted molar refractivity (Wildman–Crippen MR) is 66.5 cm³/mol. The Kier molecular flexibility index (Phi) is 4.26. The van der Waals surface area contributed by atoms with E-state index in [1.807, 2.05) is 18.2 Å². The van der Waals surface area contributed by atoms with Crippen molar-refractivity contribution in [1.82, 2.24) is 0 Å². The maximum atomic E-state index is 5.79. The number of hydrogen-bond acceptors (Lipinski definition) is 2. The number of halogens is 1. The Balaban J connectivity index is 2.72. The summed E-state index contributed by atoms with van der Waals surface area (Å²) in [7, 11) is 0. The van der Waals surface area contributed by atoms with E-state index in [1.54, 1.807) is 0 Å². The fourth-order valence-electron chi connectivity index (χ4n) is 1.36. The van der Waals surface area contributed by atoms with Crippen LogP contribution >= 0.6 is 15.9 Å². The summed E-state index contributed by atoms with van der Waals surface area (Å²) in [5, 5.41) is 3.45. The van der Waals surface area contributed by atoms with Crippen molar-refractivity contribution in [2.75, 3.05) is 11.1 Å². The molecule has 0 atom stereocenters. The maximum Gasteiger partial charge on any atom is 0.0479 e. The molecule has 0 aliphatic heterocycles. The lowest BCUT2D eigenvalue weighted by Crippen LogP contribution is -2.16. The highest BCUT2D eigenvalue weighted by Gasteiger charge is 2.03. The number of nitrogens with one attached hydrogen (secondary N) is 1. The van der Waals surface area contributed by atoms with Gasteiger partial charge in [0.25, 0.3) is 0 Å². The van der Waals surface area contributed by atoms with Gasteiger partial charge in [-0.3, -0.25) is 0 Å². The second-order valence-corrected chi connectivity index (χ2v) is 4.25. The molecular formula is C11H17BrN2. The molecule has 0 heterocycles. The van der Waals surface area contributed by atoms with Crippen LogP contribution in [-0.4, -0.2) is 6.04 Å². The molecular weight excluding hydrogens is 240 g/mol. The van der Waals surface area contributed by atoms with E-state index in [0.717, 1.165) is 28.7 Å². The number of hydrogen-bond donors (Lipinski definition) is 2. The third-order valence-electron chi connectivity index (χ3n) is 2.35. The van der Waals surface area contributed by atoms with Gasteiger partial charge in [0.05, 0.1) is 0 Å². The summed E-state index contributed by atoms with van der Waals surface area (Å²) in [5.74, 6) is 0. The van der Waals surface area contributed by atoms with Gasteiger partial charge in [0.2, 0.25) is 0 Å². The van der Waals surface area contributed by atoms with E-state index in [1.165, 1.54) is 0 Å². The van der Waals surface area contributed by atoms with Crippen LogP contribution in [0.25, 0.3) is 0 Å². The number of anilines is 2. The van der Waals surface area contributed by atoms with Crippen molar-refractivity contribution in [1.29, 1.82) is 0 Å². The fourth-order valence-corrected chi connectivity index (χ4v) is 1.61. The highest BCUT2D eigenvalue weighted by Crippen LogP contribution is 2.23. The van der Waals surface area contributed by atoms with Gasteiger partial charge in [-0.05, 0) is 47.0 Å². The van der Waals surface area contributed by atoms with Crippen molar-refractivity contribution in [2.45, 2.75) is 32.7 Å². The number of nitrogens with two attached hydrogens (primary N) is 1. The van der Waals surface area contributed by atoms with Gasteiger partial charge in [-0.1, -0.05) is 13.8 Å². The normalized spacial score (nSPS) is 10.6. The highest BCUT2D eigenvalue weighted by atomic mass is 79.9. The molecule has 3 N–H and O–H groups in total. The van der Waals surface area contributed by atoms with Crippen molar-refractivity contribution >= 4 is 27.3 Å². The van der Waals surface area contributed by atoms with Crippen LogP contribution in [0.3, 0.4) is 0 Å². The molecule has 0 unspecified atom stereocenters. The molecule has 78 valence electrons. The molecule has 0 aliphatic rings. The summed E-state index contributed by atoms with van der Waals surface area (Å²) in [6.45, 7) is 4.37. The predicted octanol–water partition coefficient (Wildman–Crippen LogP) is 3.63. The van der Waals surface area contributed by atoms with Crippen molar-refractivity contribution in [3.8, 4) is 0 Å². The van der Waals surface area contributed by atoms with Crippen molar-refractivity contribution < 1.29 is 0 Å². The Bertz CT molecular complexity index is 295. The summed E-state index contributed by atoms with van der Waals surface area (Å²) >= 11 is 3.38. The molecule has 1 aromatic carbocycles. The Morgan fingerprint density at radius 1 is 1.36 bits per heavy atom. The van der Waals surface area contributed by atoms with Gasteiger partial charge in [0.1, 0.15) is 0 Å². The van der Waals surface area contributed by atoms with Gasteiger partial charge in [-0.15, -0.1) is 0 Å². The number of nitrogen functional groups attached to an aromatic ring is 1. The third kappa shape index (κ3) is 2.91. The first kappa shape index (κ1) is 11.4. The molecule has 0 bridgehead atoms. The van der Waals surface area contributed by atoms with E-state index in [-0.39, 0.29) is 0 Å².